The molecule has 0 aliphatic rings. The van der Waals surface area contributed by atoms with Gasteiger partial charge in [0, 0.05) is 25.4 Å². The summed E-state index contributed by atoms with van der Waals surface area (Å²) in [6.07, 6.45) is 4.24. The summed E-state index contributed by atoms with van der Waals surface area (Å²) in [6, 6.07) is 20.6. The topological polar surface area (TPSA) is 46.5 Å². The third-order valence-electron chi connectivity index (χ3n) is 4.26. The van der Waals surface area contributed by atoms with Crippen LogP contribution in [0.2, 0.25) is 0 Å². The van der Waals surface area contributed by atoms with Crippen LogP contribution in [0.15, 0.2) is 84.3 Å². The second-order valence-corrected chi connectivity index (χ2v) is 6.06. The van der Waals surface area contributed by atoms with Gasteiger partial charge in [-0.2, -0.15) is 0 Å². The van der Waals surface area contributed by atoms with E-state index >= 15 is 0 Å². The van der Waals surface area contributed by atoms with Crippen molar-refractivity contribution in [2.75, 3.05) is 13.7 Å². The molecule has 0 aliphatic heterocycles. The van der Waals surface area contributed by atoms with E-state index in [4.69, 9.17) is 4.84 Å². The summed E-state index contributed by atoms with van der Waals surface area (Å²) in [5.74, 6) is -0.268. The summed E-state index contributed by atoms with van der Waals surface area (Å²) < 4.78 is 13.2. The fraction of sp³-hybridized carbons (Fsp3) is 0.182. The summed E-state index contributed by atoms with van der Waals surface area (Å²) >= 11 is 0. The molecule has 27 heavy (non-hydrogen) atoms. The molecule has 0 aliphatic carbocycles. The van der Waals surface area contributed by atoms with Crippen LogP contribution in [0, 0.1) is 5.82 Å². The highest BCUT2D eigenvalue weighted by Gasteiger charge is 2.14. The minimum Gasteiger partial charge on any atom is -0.399 e. The Morgan fingerprint density at radius 1 is 1.00 bits per heavy atom. The quantitative estimate of drug-likeness (QED) is 0.478. The van der Waals surface area contributed by atoms with Crippen LogP contribution in [-0.2, 0) is 4.84 Å². The number of aromatic nitrogens is 1. The van der Waals surface area contributed by atoms with Crippen molar-refractivity contribution in [3.05, 3.63) is 102 Å². The van der Waals surface area contributed by atoms with E-state index in [2.05, 4.69) is 27.6 Å². The minimum absolute atomic E-state index is 0.0474. The standard InChI is InChI=1S/C22H22FN3O/c1-27-26-21(17-7-9-20(23)10-8-17)13-16-25-22(18-5-3-2-4-6-18)19-11-14-24-15-12-19/h2-12,14-15,22,25H,13,16H2,1H3/b26-21-. The average molecular weight is 363 g/mol. The molecule has 0 saturated carbocycles. The van der Waals surface area contributed by atoms with Crippen molar-refractivity contribution in [1.29, 1.82) is 0 Å². The molecule has 2 aromatic carbocycles. The van der Waals surface area contributed by atoms with Crippen molar-refractivity contribution in [3.63, 3.8) is 0 Å². The predicted octanol–water partition coefficient (Wildman–Crippen LogP) is 4.34. The van der Waals surface area contributed by atoms with Crippen molar-refractivity contribution in [1.82, 2.24) is 10.3 Å². The highest BCUT2D eigenvalue weighted by Crippen LogP contribution is 2.21. The van der Waals surface area contributed by atoms with Crippen molar-refractivity contribution in [2.45, 2.75) is 12.5 Å². The number of oxime groups is 1. The lowest BCUT2D eigenvalue weighted by molar-refractivity contribution is 0.213. The summed E-state index contributed by atoms with van der Waals surface area (Å²) in [5, 5.41) is 7.69. The molecule has 1 heterocycles. The first-order valence-corrected chi connectivity index (χ1v) is 8.82. The molecule has 0 amide bonds. The summed E-state index contributed by atoms with van der Waals surface area (Å²) in [5.41, 5.74) is 3.94. The van der Waals surface area contributed by atoms with E-state index in [0.29, 0.717) is 13.0 Å². The Kier molecular flexibility index (Phi) is 6.66. The van der Waals surface area contributed by atoms with Gasteiger partial charge >= 0.3 is 0 Å². The minimum atomic E-state index is -0.268. The van der Waals surface area contributed by atoms with E-state index < -0.39 is 0 Å². The van der Waals surface area contributed by atoms with Crippen LogP contribution >= 0.6 is 0 Å². The second-order valence-electron chi connectivity index (χ2n) is 6.06. The van der Waals surface area contributed by atoms with Gasteiger partial charge in [-0.25, -0.2) is 4.39 Å². The number of halogens is 1. The van der Waals surface area contributed by atoms with E-state index in [0.717, 1.165) is 16.8 Å². The Bertz CT molecular complexity index is 812. The number of nitrogens with one attached hydrogen (secondary N) is 1. The third-order valence-corrected chi connectivity index (χ3v) is 4.26. The Morgan fingerprint density at radius 2 is 1.67 bits per heavy atom. The van der Waals surface area contributed by atoms with Crippen LogP contribution in [-0.4, -0.2) is 24.4 Å². The number of hydrogen-bond acceptors (Lipinski definition) is 4. The van der Waals surface area contributed by atoms with Crippen molar-refractivity contribution >= 4 is 5.71 Å². The van der Waals surface area contributed by atoms with Gasteiger partial charge in [-0.15, -0.1) is 0 Å². The summed E-state index contributed by atoms with van der Waals surface area (Å²) in [4.78, 5) is 9.08. The van der Waals surface area contributed by atoms with E-state index in [1.54, 1.807) is 24.5 Å². The number of nitrogens with zero attached hydrogens (tertiary/aromatic N) is 2. The number of hydrogen-bond donors (Lipinski definition) is 1. The fourth-order valence-corrected chi connectivity index (χ4v) is 2.96. The summed E-state index contributed by atoms with van der Waals surface area (Å²) in [7, 11) is 1.51. The largest absolute Gasteiger partial charge is 0.399 e. The lowest BCUT2D eigenvalue weighted by Crippen LogP contribution is -2.25. The molecule has 4 nitrogen and oxygen atoms in total. The first kappa shape index (κ1) is 18.7. The van der Waals surface area contributed by atoms with Gasteiger partial charge in [0.1, 0.15) is 12.9 Å². The molecular weight excluding hydrogens is 341 g/mol. The van der Waals surface area contributed by atoms with Gasteiger partial charge in [0.15, 0.2) is 0 Å². The lowest BCUT2D eigenvalue weighted by atomic mass is 9.99. The number of benzene rings is 2. The SMILES string of the molecule is CO/N=C(/CCNC(c1ccccc1)c1ccncc1)c1ccc(F)cc1. The van der Waals surface area contributed by atoms with Gasteiger partial charge in [0.05, 0.1) is 11.8 Å². The maximum Gasteiger partial charge on any atom is 0.123 e. The lowest BCUT2D eigenvalue weighted by Gasteiger charge is -2.20. The van der Waals surface area contributed by atoms with Crippen LogP contribution in [0.4, 0.5) is 4.39 Å². The van der Waals surface area contributed by atoms with Crippen LogP contribution in [0.1, 0.15) is 29.2 Å². The molecule has 1 unspecified atom stereocenters. The molecule has 1 aromatic heterocycles. The molecule has 0 fully saturated rings. The molecule has 3 aromatic rings. The van der Waals surface area contributed by atoms with Crippen molar-refractivity contribution in [3.8, 4) is 0 Å². The molecule has 138 valence electrons. The maximum absolute atomic E-state index is 13.2. The molecular formula is C22H22FN3O. The zero-order valence-electron chi connectivity index (χ0n) is 15.2. The molecule has 0 radical (unpaired) electrons. The van der Waals surface area contributed by atoms with Crippen LogP contribution in [0.25, 0.3) is 0 Å². The number of pyridine rings is 1. The Morgan fingerprint density at radius 3 is 2.33 bits per heavy atom. The molecule has 0 bridgehead atoms. The van der Waals surface area contributed by atoms with E-state index in [1.165, 1.54) is 24.8 Å². The van der Waals surface area contributed by atoms with Crippen molar-refractivity contribution < 1.29 is 9.23 Å². The van der Waals surface area contributed by atoms with Gasteiger partial charge in [0.25, 0.3) is 0 Å². The van der Waals surface area contributed by atoms with Gasteiger partial charge in [-0.1, -0.05) is 47.6 Å². The first-order valence-electron chi connectivity index (χ1n) is 8.82. The maximum atomic E-state index is 13.2. The van der Waals surface area contributed by atoms with E-state index in [9.17, 15) is 4.39 Å². The summed E-state index contributed by atoms with van der Waals surface area (Å²) in [6.45, 7) is 0.682. The van der Waals surface area contributed by atoms with Gasteiger partial charge < -0.3 is 10.2 Å². The second kappa shape index (κ2) is 9.59. The Balaban J connectivity index is 1.73. The molecule has 5 heteroatoms. The molecule has 0 spiro atoms. The zero-order chi connectivity index (χ0) is 18.9. The smallest absolute Gasteiger partial charge is 0.123 e. The zero-order valence-corrected chi connectivity index (χ0v) is 15.2. The van der Waals surface area contributed by atoms with Gasteiger partial charge in [0.2, 0.25) is 0 Å². The van der Waals surface area contributed by atoms with Crippen LogP contribution in [0.5, 0.6) is 0 Å². The monoisotopic (exact) mass is 363 g/mol. The highest BCUT2D eigenvalue weighted by molar-refractivity contribution is 6.00. The third kappa shape index (κ3) is 5.21. The normalized spacial score (nSPS) is 12.6. The molecule has 0 saturated heterocycles. The molecule has 1 N–H and O–H groups in total. The highest BCUT2D eigenvalue weighted by atomic mass is 19.1. The van der Waals surface area contributed by atoms with Crippen molar-refractivity contribution in [2.24, 2.45) is 5.16 Å². The first-order chi connectivity index (χ1) is 13.3. The van der Waals surface area contributed by atoms with Crippen LogP contribution < -0.4 is 5.32 Å². The number of rotatable bonds is 8. The predicted molar refractivity (Wildman–Crippen MR) is 105 cm³/mol. The fourth-order valence-electron chi connectivity index (χ4n) is 2.96. The van der Waals surface area contributed by atoms with Gasteiger partial charge in [-0.05, 0) is 41.0 Å². The van der Waals surface area contributed by atoms with E-state index in [-0.39, 0.29) is 11.9 Å². The molecule has 3 rings (SSSR count). The Labute approximate surface area is 158 Å². The van der Waals surface area contributed by atoms with Crippen LogP contribution in [0.3, 0.4) is 0 Å². The van der Waals surface area contributed by atoms with Gasteiger partial charge in [-0.3, -0.25) is 4.98 Å². The van der Waals surface area contributed by atoms with E-state index in [1.807, 2.05) is 30.3 Å². The average Bonchev–Trinajstić information content (AvgIpc) is 2.72. The Hall–Kier alpha value is -3.05. The molecule has 1 atom stereocenters.